The Morgan fingerprint density at radius 3 is 2.90 bits per heavy atom. The Kier molecular flexibility index (Phi) is 3.06. The van der Waals surface area contributed by atoms with Crippen LogP contribution in [-0.2, 0) is 0 Å². The zero-order valence-corrected chi connectivity index (χ0v) is 12.4. The van der Waals surface area contributed by atoms with E-state index in [4.69, 9.17) is 0 Å². The molecule has 4 rings (SSSR count). The Morgan fingerprint density at radius 2 is 2.10 bits per heavy atom. The molecule has 0 amide bonds. The second kappa shape index (κ2) is 5.19. The average Bonchev–Trinajstić information content (AvgIpc) is 3.22. The molecule has 7 heteroatoms. The number of fused-ring (bicyclic) bond motifs is 1. The summed E-state index contributed by atoms with van der Waals surface area (Å²) in [6, 6.07) is 7.93. The predicted molar refractivity (Wildman–Crippen MR) is 85.1 cm³/mol. The van der Waals surface area contributed by atoms with Gasteiger partial charge in [-0.25, -0.2) is 0 Å². The molecule has 0 aliphatic rings. The van der Waals surface area contributed by atoms with Gasteiger partial charge in [0.25, 0.3) is 0 Å². The fraction of sp³-hybridized carbons (Fsp3) is 0. The zero-order chi connectivity index (χ0) is 14.1. The summed E-state index contributed by atoms with van der Waals surface area (Å²) >= 11 is 3.21. The summed E-state index contributed by atoms with van der Waals surface area (Å²) in [5.41, 5.74) is 0.907. The van der Waals surface area contributed by atoms with E-state index in [2.05, 4.69) is 37.8 Å². The van der Waals surface area contributed by atoms with E-state index < -0.39 is 0 Å². The van der Waals surface area contributed by atoms with E-state index in [1.807, 2.05) is 24.3 Å². The monoisotopic (exact) mass is 311 g/mol. The van der Waals surface area contributed by atoms with Crippen LogP contribution in [0.5, 0.6) is 0 Å². The van der Waals surface area contributed by atoms with Crippen LogP contribution in [0.3, 0.4) is 0 Å². The van der Waals surface area contributed by atoms with Crippen molar-refractivity contribution in [2.45, 2.75) is 0 Å². The fourth-order valence-corrected chi connectivity index (χ4v) is 3.27. The molecule has 0 saturated carbocycles. The van der Waals surface area contributed by atoms with Crippen molar-refractivity contribution in [3.05, 3.63) is 51.9 Å². The maximum atomic E-state index is 4.55. The lowest BCUT2D eigenvalue weighted by molar-refractivity contribution is 0.958. The number of nitrogens with zero attached hydrogens (tertiary/aromatic N) is 5. The molecule has 0 fully saturated rings. The minimum atomic E-state index is 0.713. The SMILES string of the molecule is C(=Cc1nn2c(-c3cccnc3)nnc2s1)c1cccs1. The van der Waals surface area contributed by atoms with Crippen LogP contribution in [0.25, 0.3) is 28.5 Å². The lowest BCUT2D eigenvalue weighted by atomic mass is 10.3. The highest BCUT2D eigenvalue weighted by atomic mass is 32.1. The summed E-state index contributed by atoms with van der Waals surface area (Å²) in [6.45, 7) is 0. The van der Waals surface area contributed by atoms with Crippen LogP contribution in [0.1, 0.15) is 9.88 Å². The third-order valence-electron chi connectivity index (χ3n) is 2.86. The van der Waals surface area contributed by atoms with Gasteiger partial charge in [0, 0.05) is 22.8 Å². The van der Waals surface area contributed by atoms with E-state index >= 15 is 0 Å². The van der Waals surface area contributed by atoms with Gasteiger partial charge in [-0.2, -0.15) is 9.61 Å². The molecule has 0 aliphatic heterocycles. The summed E-state index contributed by atoms with van der Waals surface area (Å²) in [4.78, 5) is 6.09. The highest BCUT2D eigenvalue weighted by Gasteiger charge is 2.12. The average molecular weight is 311 g/mol. The molecular formula is C14H9N5S2. The van der Waals surface area contributed by atoms with Crippen LogP contribution in [0, 0.1) is 0 Å². The van der Waals surface area contributed by atoms with Gasteiger partial charge in [0.05, 0.1) is 0 Å². The minimum absolute atomic E-state index is 0.713. The molecule has 0 saturated heterocycles. The number of pyridine rings is 1. The summed E-state index contributed by atoms with van der Waals surface area (Å²) in [6.07, 6.45) is 7.55. The highest BCUT2D eigenvalue weighted by molar-refractivity contribution is 7.17. The standard InChI is InChI=1S/C14H9N5S2/c1-3-10(9-15-7-1)13-16-17-14-19(13)18-12(21-14)6-5-11-4-2-8-20-11/h1-9H. The quantitative estimate of drug-likeness (QED) is 0.581. The van der Waals surface area contributed by atoms with Gasteiger partial charge in [-0.1, -0.05) is 17.4 Å². The van der Waals surface area contributed by atoms with Gasteiger partial charge in [0.2, 0.25) is 4.96 Å². The lowest BCUT2D eigenvalue weighted by Gasteiger charge is -1.94. The van der Waals surface area contributed by atoms with E-state index in [1.54, 1.807) is 28.2 Å². The number of thiophene rings is 1. The number of aromatic nitrogens is 5. The van der Waals surface area contributed by atoms with Crippen LogP contribution >= 0.6 is 22.7 Å². The van der Waals surface area contributed by atoms with Crippen molar-refractivity contribution in [2.24, 2.45) is 0 Å². The third-order valence-corrected chi connectivity index (χ3v) is 4.56. The van der Waals surface area contributed by atoms with E-state index in [1.165, 1.54) is 16.2 Å². The van der Waals surface area contributed by atoms with Crippen molar-refractivity contribution in [3.8, 4) is 11.4 Å². The first-order valence-electron chi connectivity index (χ1n) is 6.24. The second-order valence-corrected chi connectivity index (χ2v) is 6.22. The van der Waals surface area contributed by atoms with Crippen molar-refractivity contribution in [3.63, 3.8) is 0 Å². The first kappa shape index (κ1) is 12.4. The van der Waals surface area contributed by atoms with Gasteiger partial charge in [0.15, 0.2) is 5.82 Å². The first-order valence-corrected chi connectivity index (χ1v) is 7.94. The van der Waals surface area contributed by atoms with Crippen LogP contribution in [0.2, 0.25) is 0 Å². The van der Waals surface area contributed by atoms with Gasteiger partial charge in [-0.15, -0.1) is 21.5 Å². The van der Waals surface area contributed by atoms with Crippen molar-refractivity contribution < 1.29 is 0 Å². The molecule has 5 nitrogen and oxygen atoms in total. The van der Waals surface area contributed by atoms with Gasteiger partial charge in [-0.3, -0.25) is 4.98 Å². The van der Waals surface area contributed by atoms with Crippen LogP contribution < -0.4 is 0 Å². The molecule has 4 heterocycles. The molecular weight excluding hydrogens is 302 g/mol. The summed E-state index contributed by atoms with van der Waals surface area (Å²) in [5.74, 6) is 0.713. The Hall–Kier alpha value is -2.38. The smallest absolute Gasteiger partial charge is 0.235 e. The molecule has 4 aromatic rings. The number of hydrogen-bond donors (Lipinski definition) is 0. The summed E-state index contributed by atoms with van der Waals surface area (Å²) in [7, 11) is 0. The summed E-state index contributed by atoms with van der Waals surface area (Å²) < 4.78 is 1.76. The van der Waals surface area contributed by atoms with Crippen molar-refractivity contribution in [2.75, 3.05) is 0 Å². The molecule has 102 valence electrons. The molecule has 0 aliphatic carbocycles. The largest absolute Gasteiger partial charge is 0.264 e. The number of rotatable bonds is 3. The van der Waals surface area contributed by atoms with E-state index in [0.29, 0.717) is 5.82 Å². The lowest BCUT2D eigenvalue weighted by Crippen LogP contribution is -1.90. The molecule has 0 N–H and O–H groups in total. The maximum Gasteiger partial charge on any atom is 0.235 e. The van der Waals surface area contributed by atoms with Crippen LogP contribution in [0.15, 0.2) is 42.0 Å². The van der Waals surface area contributed by atoms with Crippen molar-refractivity contribution in [1.82, 2.24) is 24.8 Å². The fourth-order valence-electron chi connectivity index (χ4n) is 1.91. The second-order valence-electron chi connectivity index (χ2n) is 4.25. The first-order chi connectivity index (χ1) is 10.4. The maximum absolute atomic E-state index is 4.55. The van der Waals surface area contributed by atoms with E-state index in [-0.39, 0.29) is 0 Å². The van der Waals surface area contributed by atoms with Gasteiger partial charge >= 0.3 is 0 Å². The van der Waals surface area contributed by atoms with Crippen LogP contribution in [0.4, 0.5) is 0 Å². The molecule has 0 bridgehead atoms. The number of hydrogen-bond acceptors (Lipinski definition) is 6. The molecule has 0 aromatic carbocycles. The molecule has 0 radical (unpaired) electrons. The van der Waals surface area contributed by atoms with Crippen LogP contribution in [-0.4, -0.2) is 24.8 Å². The Morgan fingerprint density at radius 1 is 1.10 bits per heavy atom. The molecule has 21 heavy (non-hydrogen) atoms. The molecule has 0 atom stereocenters. The van der Waals surface area contributed by atoms with Crippen molar-refractivity contribution in [1.29, 1.82) is 0 Å². The molecule has 4 aromatic heterocycles. The zero-order valence-electron chi connectivity index (χ0n) is 10.7. The van der Waals surface area contributed by atoms with Gasteiger partial charge in [-0.05, 0) is 35.7 Å². The highest BCUT2D eigenvalue weighted by Crippen LogP contribution is 2.22. The summed E-state index contributed by atoms with van der Waals surface area (Å²) in [5, 5.41) is 15.9. The topological polar surface area (TPSA) is 56.0 Å². The Labute approximate surface area is 128 Å². The molecule has 0 unspecified atom stereocenters. The predicted octanol–water partition coefficient (Wildman–Crippen LogP) is 3.48. The third kappa shape index (κ3) is 2.37. The Bertz CT molecular complexity index is 890. The van der Waals surface area contributed by atoms with Gasteiger partial charge < -0.3 is 0 Å². The van der Waals surface area contributed by atoms with Crippen molar-refractivity contribution >= 4 is 39.8 Å². The Balaban J connectivity index is 1.73. The normalized spacial score (nSPS) is 11.6. The minimum Gasteiger partial charge on any atom is -0.264 e. The van der Waals surface area contributed by atoms with E-state index in [0.717, 1.165) is 15.5 Å². The molecule has 0 spiro atoms. The van der Waals surface area contributed by atoms with Gasteiger partial charge in [0.1, 0.15) is 5.01 Å². The van der Waals surface area contributed by atoms with E-state index in [9.17, 15) is 0 Å².